The molecule has 0 spiro atoms. The molecule has 25 heavy (non-hydrogen) atoms. The van der Waals surface area contributed by atoms with Gasteiger partial charge in [0.25, 0.3) is 11.8 Å². The van der Waals surface area contributed by atoms with Crippen molar-refractivity contribution < 1.29 is 14.0 Å². The van der Waals surface area contributed by atoms with Gasteiger partial charge in [0.2, 0.25) is 0 Å². The number of nitrogens with zero attached hydrogens (tertiary/aromatic N) is 1. The topological polar surface area (TPSA) is 71.1 Å². The van der Waals surface area contributed by atoms with Crippen LogP contribution < -0.4 is 10.6 Å². The second-order valence-electron chi connectivity index (χ2n) is 5.97. The molecular weight excluding hydrogens is 345 g/mol. The Bertz CT molecular complexity index is 807. The van der Waals surface area contributed by atoms with Crippen LogP contribution in [0.4, 0.5) is 10.1 Å². The second-order valence-corrected chi connectivity index (χ2v) is 6.37. The molecule has 1 aliphatic carbocycles. The zero-order valence-electron chi connectivity index (χ0n) is 13.4. The van der Waals surface area contributed by atoms with Gasteiger partial charge in [0.15, 0.2) is 0 Å². The van der Waals surface area contributed by atoms with Crippen LogP contribution in [0, 0.1) is 5.82 Å². The van der Waals surface area contributed by atoms with E-state index in [2.05, 4.69) is 15.6 Å². The molecule has 3 rings (SSSR count). The largest absolute Gasteiger partial charge is 0.349 e. The average Bonchev–Trinajstić information content (AvgIpc) is 3.11. The lowest BCUT2D eigenvalue weighted by Crippen LogP contribution is -2.32. The predicted octanol–water partition coefficient (Wildman–Crippen LogP) is 3.80. The summed E-state index contributed by atoms with van der Waals surface area (Å²) in [4.78, 5) is 28.6. The predicted molar refractivity (Wildman–Crippen MR) is 93.3 cm³/mol. The van der Waals surface area contributed by atoms with Crippen molar-refractivity contribution in [2.45, 2.75) is 31.7 Å². The van der Waals surface area contributed by atoms with E-state index in [0.717, 1.165) is 31.7 Å². The number of rotatable bonds is 4. The van der Waals surface area contributed by atoms with Crippen molar-refractivity contribution in [1.82, 2.24) is 10.3 Å². The molecule has 1 aromatic carbocycles. The van der Waals surface area contributed by atoms with Gasteiger partial charge in [-0.25, -0.2) is 4.39 Å². The number of pyridine rings is 1. The minimum absolute atomic E-state index is 0.0875. The molecule has 0 unspecified atom stereocenters. The summed E-state index contributed by atoms with van der Waals surface area (Å²) in [5.41, 5.74) is 0.822. The number of nitrogens with one attached hydrogen (secondary N) is 2. The lowest BCUT2D eigenvalue weighted by atomic mass is 10.1. The van der Waals surface area contributed by atoms with E-state index in [9.17, 15) is 14.0 Å². The third-order valence-electron chi connectivity index (χ3n) is 4.12. The number of carbonyl (C=O) groups excluding carboxylic acids is 2. The summed E-state index contributed by atoms with van der Waals surface area (Å²) in [6.07, 6.45) is 5.62. The minimum Gasteiger partial charge on any atom is -0.349 e. The zero-order valence-corrected chi connectivity index (χ0v) is 14.1. The molecule has 0 bridgehead atoms. The van der Waals surface area contributed by atoms with Crippen molar-refractivity contribution in [3.05, 3.63) is 58.6 Å². The Kier molecular flexibility index (Phi) is 5.28. The highest BCUT2D eigenvalue weighted by molar-refractivity contribution is 6.31. The molecule has 0 saturated heterocycles. The fourth-order valence-electron chi connectivity index (χ4n) is 2.80. The number of carbonyl (C=O) groups is 2. The van der Waals surface area contributed by atoms with Crippen molar-refractivity contribution in [1.29, 1.82) is 0 Å². The van der Waals surface area contributed by atoms with Crippen LogP contribution in [0.1, 0.15) is 46.5 Å². The third-order valence-corrected chi connectivity index (χ3v) is 4.41. The van der Waals surface area contributed by atoms with Crippen LogP contribution in [0.2, 0.25) is 5.02 Å². The highest BCUT2D eigenvalue weighted by atomic mass is 35.5. The molecule has 130 valence electrons. The Morgan fingerprint density at radius 2 is 1.88 bits per heavy atom. The van der Waals surface area contributed by atoms with Gasteiger partial charge >= 0.3 is 0 Å². The van der Waals surface area contributed by atoms with E-state index in [1.165, 1.54) is 24.4 Å². The Morgan fingerprint density at radius 1 is 1.12 bits per heavy atom. The van der Waals surface area contributed by atoms with Crippen LogP contribution in [-0.4, -0.2) is 22.8 Å². The molecule has 1 saturated carbocycles. The van der Waals surface area contributed by atoms with Crippen LogP contribution in [0.25, 0.3) is 0 Å². The first-order chi connectivity index (χ1) is 12.0. The monoisotopic (exact) mass is 361 g/mol. The maximum absolute atomic E-state index is 13.2. The number of hydrogen-bond donors (Lipinski definition) is 2. The number of halogens is 2. The first-order valence-corrected chi connectivity index (χ1v) is 8.44. The molecule has 0 radical (unpaired) electrons. The van der Waals surface area contributed by atoms with Crippen LogP contribution in [0.3, 0.4) is 0 Å². The number of amides is 2. The van der Waals surface area contributed by atoms with Gasteiger partial charge in [-0.15, -0.1) is 0 Å². The SMILES string of the molecule is O=C(NC1CCCC1)c1ccnc(C(=O)Nc2ccc(F)c(Cl)c2)c1. The standard InChI is InChI=1S/C18H17ClFN3O2/c19-14-10-13(5-6-15(14)20)23-18(25)16-9-11(7-8-21-16)17(24)22-12-3-1-2-4-12/h5-10,12H,1-4H2,(H,22,24)(H,23,25). The highest BCUT2D eigenvalue weighted by Gasteiger charge is 2.19. The molecule has 1 aromatic heterocycles. The Labute approximate surface area is 149 Å². The van der Waals surface area contributed by atoms with Gasteiger partial charge < -0.3 is 10.6 Å². The number of benzene rings is 1. The summed E-state index contributed by atoms with van der Waals surface area (Å²) in [5, 5.41) is 5.46. The van der Waals surface area contributed by atoms with Gasteiger partial charge in [-0.2, -0.15) is 0 Å². The minimum atomic E-state index is -0.566. The number of anilines is 1. The fraction of sp³-hybridized carbons (Fsp3) is 0.278. The molecule has 2 aromatic rings. The first-order valence-electron chi connectivity index (χ1n) is 8.06. The van der Waals surface area contributed by atoms with Crippen molar-refractivity contribution in [3.8, 4) is 0 Å². The van der Waals surface area contributed by atoms with Crippen molar-refractivity contribution >= 4 is 29.1 Å². The Morgan fingerprint density at radius 3 is 2.60 bits per heavy atom. The van der Waals surface area contributed by atoms with Crippen LogP contribution in [0.5, 0.6) is 0 Å². The molecule has 1 heterocycles. The quantitative estimate of drug-likeness (QED) is 0.870. The summed E-state index contributed by atoms with van der Waals surface area (Å²) in [6, 6.07) is 7.07. The van der Waals surface area contributed by atoms with Crippen LogP contribution >= 0.6 is 11.6 Å². The van der Waals surface area contributed by atoms with E-state index in [1.54, 1.807) is 6.07 Å². The summed E-state index contributed by atoms with van der Waals surface area (Å²) in [7, 11) is 0. The first kappa shape index (κ1) is 17.4. The fourth-order valence-corrected chi connectivity index (χ4v) is 2.98. The van der Waals surface area contributed by atoms with Gasteiger partial charge in [-0.05, 0) is 43.2 Å². The van der Waals surface area contributed by atoms with Gasteiger partial charge in [0.1, 0.15) is 11.5 Å². The Hall–Kier alpha value is -2.47. The molecule has 2 N–H and O–H groups in total. The van der Waals surface area contributed by atoms with Crippen molar-refractivity contribution in [2.75, 3.05) is 5.32 Å². The second kappa shape index (κ2) is 7.61. The van der Waals surface area contributed by atoms with E-state index in [4.69, 9.17) is 11.6 Å². The summed E-state index contributed by atoms with van der Waals surface area (Å²) >= 11 is 5.70. The number of hydrogen-bond acceptors (Lipinski definition) is 3. The molecule has 7 heteroatoms. The van der Waals surface area contributed by atoms with Crippen molar-refractivity contribution in [3.63, 3.8) is 0 Å². The molecule has 0 aliphatic heterocycles. The summed E-state index contributed by atoms with van der Waals surface area (Å²) < 4.78 is 13.2. The maximum Gasteiger partial charge on any atom is 0.274 e. The molecule has 1 aliphatic rings. The lowest BCUT2D eigenvalue weighted by Gasteiger charge is -2.12. The van der Waals surface area contributed by atoms with Crippen LogP contribution in [0.15, 0.2) is 36.5 Å². The maximum atomic E-state index is 13.2. The van der Waals surface area contributed by atoms with Gasteiger partial charge in [-0.1, -0.05) is 24.4 Å². The summed E-state index contributed by atoms with van der Waals surface area (Å²) in [6.45, 7) is 0. The van der Waals surface area contributed by atoms with E-state index in [1.807, 2.05) is 0 Å². The van der Waals surface area contributed by atoms with E-state index < -0.39 is 11.7 Å². The van der Waals surface area contributed by atoms with Gasteiger partial charge in [0.05, 0.1) is 5.02 Å². The van der Waals surface area contributed by atoms with E-state index in [0.29, 0.717) is 11.3 Å². The summed E-state index contributed by atoms with van der Waals surface area (Å²) in [5.74, 6) is -1.28. The van der Waals surface area contributed by atoms with Gasteiger partial charge in [-0.3, -0.25) is 14.6 Å². The third kappa shape index (κ3) is 4.33. The number of aromatic nitrogens is 1. The molecule has 5 nitrogen and oxygen atoms in total. The van der Waals surface area contributed by atoms with Crippen molar-refractivity contribution in [2.24, 2.45) is 0 Å². The lowest BCUT2D eigenvalue weighted by molar-refractivity contribution is 0.0937. The van der Waals surface area contributed by atoms with Gasteiger partial charge in [0, 0.05) is 23.5 Å². The molecule has 0 atom stereocenters. The van der Waals surface area contributed by atoms with Crippen LogP contribution in [-0.2, 0) is 0 Å². The molecular formula is C18H17ClFN3O2. The van der Waals surface area contributed by atoms with E-state index in [-0.39, 0.29) is 22.7 Å². The van der Waals surface area contributed by atoms with E-state index >= 15 is 0 Å². The zero-order chi connectivity index (χ0) is 17.8. The highest BCUT2D eigenvalue weighted by Crippen LogP contribution is 2.20. The normalized spacial score (nSPS) is 14.3. The average molecular weight is 362 g/mol. The molecule has 1 fully saturated rings. The molecule has 2 amide bonds. The Balaban J connectivity index is 1.70. The smallest absolute Gasteiger partial charge is 0.274 e.